The number of hydrogen-bond donors (Lipinski definition) is 0. The molecule has 0 N–H and O–H groups in total. The van der Waals surface area contributed by atoms with Gasteiger partial charge in [-0.15, -0.1) is 0 Å². The van der Waals surface area contributed by atoms with Gasteiger partial charge >= 0.3 is 5.97 Å². The highest BCUT2D eigenvalue weighted by atomic mass is 16.6. The molecule has 0 aliphatic carbocycles. The highest BCUT2D eigenvalue weighted by Crippen LogP contribution is 2.09. The second-order valence-corrected chi connectivity index (χ2v) is 3.49. The summed E-state index contributed by atoms with van der Waals surface area (Å²) in [7, 11) is 0. The van der Waals surface area contributed by atoms with Crippen molar-refractivity contribution in [3.8, 4) is 0 Å². The normalized spacial score (nSPS) is 12.6. The molecule has 1 unspecified atom stereocenters. The van der Waals surface area contributed by atoms with Crippen LogP contribution in [0.3, 0.4) is 0 Å². The molecule has 1 atom stereocenters. The molecule has 0 bridgehead atoms. The molecule has 0 aromatic rings. The third kappa shape index (κ3) is 5.75. The van der Waals surface area contributed by atoms with Crippen molar-refractivity contribution >= 4 is 5.97 Å². The number of rotatable bonds is 7. The molecule has 0 rings (SSSR count). The second kappa shape index (κ2) is 7.56. The molecule has 0 saturated carbocycles. The molecule has 3 heteroatoms. The van der Waals surface area contributed by atoms with Gasteiger partial charge in [-0.3, -0.25) is 0 Å². The molecule has 0 aliphatic rings. The Morgan fingerprint density at radius 3 is 2.57 bits per heavy atom. The van der Waals surface area contributed by atoms with Gasteiger partial charge in [-0.1, -0.05) is 26.5 Å². The van der Waals surface area contributed by atoms with E-state index in [1.807, 2.05) is 20.8 Å². The molecule has 3 nitrogen and oxygen atoms in total. The molecule has 14 heavy (non-hydrogen) atoms. The van der Waals surface area contributed by atoms with Gasteiger partial charge < -0.3 is 9.47 Å². The second-order valence-electron chi connectivity index (χ2n) is 3.49. The molecule has 0 amide bonds. The zero-order valence-electron chi connectivity index (χ0n) is 9.29. The van der Waals surface area contributed by atoms with Crippen molar-refractivity contribution in [2.24, 2.45) is 5.92 Å². The van der Waals surface area contributed by atoms with E-state index in [4.69, 9.17) is 9.47 Å². The van der Waals surface area contributed by atoms with Crippen molar-refractivity contribution in [3.63, 3.8) is 0 Å². The lowest BCUT2D eigenvalue weighted by atomic mass is 10.1. The molecular weight excluding hydrogens is 180 g/mol. The minimum atomic E-state index is -0.431. The molecule has 0 saturated heterocycles. The first-order chi connectivity index (χ1) is 6.61. The summed E-state index contributed by atoms with van der Waals surface area (Å²) in [5, 5.41) is 0. The van der Waals surface area contributed by atoms with Gasteiger partial charge in [0.1, 0.15) is 6.61 Å². The van der Waals surface area contributed by atoms with Crippen LogP contribution in [0.4, 0.5) is 0 Å². The van der Waals surface area contributed by atoms with Crippen LogP contribution < -0.4 is 0 Å². The maximum absolute atomic E-state index is 11.4. The summed E-state index contributed by atoms with van der Waals surface area (Å²) < 4.78 is 10.2. The van der Waals surface area contributed by atoms with E-state index in [-0.39, 0.29) is 12.6 Å². The molecule has 0 spiro atoms. The van der Waals surface area contributed by atoms with Crippen LogP contribution in [0.15, 0.2) is 12.7 Å². The smallest absolute Gasteiger partial charge is 0.335 e. The zero-order valence-corrected chi connectivity index (χ0v) is 9.29. The van der Waals surface area contributed by atoms with E-state index in [0.717, 1.165) is 0 Å². The Morgan fingerprint density at radius 1 is 1.50 bits per heavy atom. The quantitative estimate of drug-likeness (QED) is 0.466. The molecule has 0 aliphatic heterocycles. The van der Waals surface area contributed by atoms with Crippen molar-refractivity contribution in [2.75, 3.05) is 13.2 Å². The topological polar surface area (TPSA) is 35.5 Å². The summed E-state index contributed by atoms with van der Waals surface area (Å²) >= 11 is 0. The van der Waals surface area contributed by atoms with Gasteiger partial charge in [0.25, 0.3) is 0 Å². The number of esters is 1. The predicted molar refractivity (Wildman–Crippen MR) is 56.0 cm³/mol. The zero-order chi connectivity index (χ0) is 11.0. The molecule has 0 aromatic carbocycles. The number of ether oxygens (including phenoxy) is 2. The summed E-state index contributed by atoms with van der Waals surface area (Å²) in [6.07, 6.45) is 1.82. The molecular formula is C11H20O3. The maximum atomic E-state index is 11.4. The fraction of sp³-hybridized carbons (Fsp3) is 0.727. The minimum Gasteiger partial charge on any atom is -0.460 e. The Labute approximate surface area is 86.1 Å². The van der Waals surface area contributed by atoms with Crippen molar-refractivity contribution in [2.45, 2.75) is 33.3 Å². The highest BCUT2D eigenvalue weighted by molar-refractivity contribution is 5.74. The van der Waals surface area contributed by atoms with E-state index in [9.17, 15) is 4.79 Å². The van der Waals surface area contributed by atoms with Crippen LogP contribution in [0.2, 0.25) is 0 Å². The number of hydrogen-bond acceptors (Lipinski definition) is 3. The van der Waals surface area contributed by atoms with Gasteiger partial charge in [0.2, 0.25) is 0 Å². The van der Waals surface area contributed by atoms with Crippen molar-refractivity contribution in [1.29, 1.82) is 0 Å². The molecule has 0 aromatic heterocycles. The first-order valence-corrected chi connectivity index (χ1v) is 5.00. The highest BCUT2D eigenvalue weighted by Gasteiger charge is 2.20. The van der Waals surface area contributed by atoms with Crippen LogP contribution in [-0.2, 0) is 14.3 Å². The van der Waals surface area contributed by atoms with Gasteiger partial charge in [0.05, 0.1) is 0 Å². The summed E-state index contributed by atoms with van der Waals surface area (Å²) in [6.45, 7) is 10.2. The van der Waals surface area contributed by atoms with Crippen LogP contribution in [0, 0.1) is 5.92 Å². The lowest BCUT2D eigenvalue weighted by molar-refractivity contribution is -0.156. The van der Waals surface area contributed by atoms with Crippen molar-refractivity contribution in [1.82, 2.24) is 0 Å². The van der Waals surface area contributed by atoms with Gasteiger partial charge in [0.15, 0.2) is 6.10 Å². The Morgan fingerprint density at radius 2 is 2.14 bits per heavy atom. The van der Waals surface area contributed by atoms with Gasteiger partial charge in [-0.2, -0.15) is 0 Å². The SMILES string of the molecule is C=CCOC(=O)C(CC(C)C)OCC. The molecule has 0 heterocycles. The number of carbonyl (C=O) groups excluding carboxylic acids is 1. The lowest BCUT2D eigenvalue weighted by Gasteiger charge is -2.17. The van der Waals surface area contributed by atoms with Gasteiger partial charge in [0, 0.05) is 6.61 Å². The summed E-state index contributed by atoms with van der Waals surface area (Å²) in [4.78, 5) is 11.4. The first kappa shape index (κ1) is 13.2. The maximum Gasteiger partial charge on any atom is 0.335 e. The van der Waals surface area contributed by atoms with Crippen LogP contribution in [0.1, 0.15) is 27.2 Å². The first-order valence-electron chi connectivity index (χ1n) is 5.00. The predicted octanol–water partition coefficient (Wildman–Crippen LogP) is 2.17. The van der Waals surface area contributed by atoms with Crippen LogP contribution >= 0.6 is 0 Å². The van der Waals surface area contributed by atoms with Crippen molar-refractivity contribution in [3.05, 3.63) is 12.7 Å². The third-order valence-corrected chi connectivity index (χ3v) is 1.66. The van der Waals surface area contributed by atoms with E-state index in [1.54, 1.807) is 6.08 Å². The average Bonchev–Trinajstić information content (AvgIpc) is 2.13. The number of carbonyl (C=O) groups is 1. The van der Waals surface area contributed by atoms with E-state index in [0.29, 0.717) is 18.9 Å². The van der Waals surface area contributed by atoms with E-state index >= 15 is 0 Å². The Bertz CT molecular complexity index is 175. The minimum absolute atomic E-state index is 0.250. The van der Waals surface area contributed by atoms with Crippen molar-refractivity contribution < 1.29 is 14.3 Å². The monoisotopic (exact) mass is 200 g/mol. The lowest BCUT2D eigenvalue weighted by Crippen LogP contribution is -2.28. The van der Waals surface area contributed by atoms with E-state index in [2.05, 4.69) is 6.58 Å². The molecule has 0 radical (unpaired) electrons. The van der Waals surface area contributed by atoms with E-state index < -0.39 is 6.10 Å². The Balaban J connectivity index is 4.03. The van der Waals surface area contributed by atoms with Crippen LogP contribution in [-0.4, -0.2) is 25.3 Å². The molecule has 82 valence electrons. The summed E-state index contributed by atoms with van der Waals surface area (Å²) in [6, 6.07) is 0. The molecule has 0 fully saturated rings. The Hall–Kier alpha value is -0.830. The van der Waals surface area contributed by atoms with Gasteiger partial charge in [-0.05, 0) is 19.3 Å². The van der Waals surface area contributed by atoms with E-state index in [1.165, 1.54) is 0 Å². The fourth-order valence-electron chi connectivity index (χ4n) is 1.10. The third-order valence-electron chi connectivity index (χ3n) is 1.66. The fourth-order valence-corrected chi connectivity index (χ4v) is 1.10. The summed E-state index contributed by atoms with van der Waals surface area (Å²) in [5.41, 5.74) is 0. The van der Waals surface area contributed by atoms with Crippen LogP contribution in [0.25, 0.3) is 0 Å². The standard InChI is InChI=1S/C11H20O3/c1-5-7-14-11(12)10(13-6-2)8-9(3)4/h5,9-10H,1,6-8H2,2-4H3. The van der Waals surface area contributed by atoms with Crippen LogP contribution in [0.5, 0.6) is 0 Å². The average molecular weight is 200 g/mol. The summed E-state index contributed by atoms with van der Waals surface area (Å²) in [5.74, 6) is 0.128. The largest absolute Gasteiger partial charge is 0.460 e. The Kier molecular flexibility index (Phi) is 7.11. The van der Waals surface area contributed by atoms with Gasteiger partial charge in [-0.25, -0.2) is 4.79 Å².